The van der Waals surface area contributed by atoms with Crippen LogP contribution in [-0.2, 0) is 51.8 Å². The lowest BCUT2D eigenvalue weighted by Gasteiger charge is -2.33. The molecule has 4 aliphatic rings. The number of ketones is 1. The summed E-state index contributed by atoms with van der Waals surface area (Å²) in [5, 5.41) is 4.56. The van der Waals surface area contributed by atoms with Crippen molar-refractivity contribution < 1.29 is 46.7 Å². The maximum atomic E-state index is 14.5. The van der Waals surface area contributed by atoms with Gasteiger partial charge in [-0.05, 0) is 87.5 Å². The Hall–Kier alpha value is -4.99. The van der Waals surface area contributed by atoms with Gasteiger partial charge in [0, 0.05) is 19.4 Å². The van der Waals surface area contributed by atoms with E-state index in [0.717, 1.165) is 22.3 Å². The van der Waals surface area contributed by atoms with Crippen molar-refractivity contribution in [2.24, 2.45) is 5.41 Å². The minimum absolute atomic E-state index is 0.0349. The molecule has 0 unspecified atom stereocenters. The van der Waals surface area contributed by atoms with Gasteiger partial charge in [0.25, 0.3) is 5.91 Å². The Bertz CT molecular complexity index is 1950. The van der Waals surface area contributed by atoms with Crippen molar-refractivity contribution >= 4 is 51.8 Å². The lowest BCUT2D eigenvalue weighted by atomic mass is 9.88. The minimum Gasteiger partial charge on any atom is -0.449 e. The predicted octanol–water partition coefficient (Wildman–Crippen LogP) is 4.41. The van der Waals surface area contributed by atoms with E-state index in [1.54, 1.807) is 18.7 Å². The molecule has 0 aromatic heterocycles. The third kappa shape index (κ3) is 11.1. The van der Waals surface area contributed by atoms with Gasteiger partial charge in [-0.2, -0.15) is 0 Å². The number of ether oxygens (including phenoxy) is 2. The van der Waals surface area contributed by atoms with Gasteiger partial charge in [-0.1, -0.05) is 55.8 Å². The number of hydrogen-bond acceptors (Lipinski definition) is 10. The minimum atomic E-state index is -3.98. The molecule has 15 nitrogen and oxygen atoms in total. The molecule has 5 rings (SSSR count). The smallest absolute Gasteiger partial charge is 0.410 e. The topological polar surface area (TPSA) is 198 Å². The number of hydrogen-bond donors (Lipinski definition) is 3. The Labute approximate surface area is 334 Å². The molecule has 1 saturated carbocycles. The van der Waals surface area contributed by atoms with Crippen molar-refractivity contribution in [3.05, 3.63) is 65.3 Å². The molecule has 3 aliphatic heterocycles. The summed E-state index contributed by atoms with van der Waals surface area (Å²) in [4.78, 5) is 84.7. The number of sulfonamides is 1. The van der Waals surface area contributed by atoms with Crippen molar-refractivity contribution in [3.63, 3.8) is 0 Å². The lowest BCUT2D eigenvalue weighted by molar-refractivity contribution is -0.142. The van der Waals surface area contributed by atoms with Gasteiger partial charge in [0.2, 0.25) is 21.8 Å². The molecule has 16 heteroatoms. The Morgan fingerprint density at radius 1 is 1.12 bits per heavy atom. The highest BCUT2D eigenvalue weighted by Gasteiger charge is 2.48. The van der Waals surface area contributed by atoms with Crippen LogP contribution in [-0.4, -0.2) is 96.0 Å². The number of cyclic esters (lactones) is 1. The Morgan fingerprint density at radius 2 is 1.86 bits per heavy atom. The third-order valence-electron chi connectivity index (χ3n) is 10.6. The number of alkyl carbamates (subject to hydrolysis) is 1. The highest BCUT2D eigenvalue weighted by molar-refractivity contribution is 7.91. The van der Waals surface area contributed by atoms with Crippen molar-refractivity contribution in [1.82, 2.24) is 25.2 Å². The average molecular weight is 810 g/mol. The molecule has 4 atom stereocenters. The SMILES string of the molecule is C=CC[C@](C)(NC(=O)[C@@H]1C[C@@H]2CN1C(=O)[C@H](CCC(=O)C=C(C)C)NC(=O)OCC(C)(C)CC/C=C/c1cccc3c1CN(C3)C(=O)O2)C(=O)NS(=O)(=O)C1CC1. The van der Waals surface area contributed by atoms with E-state index in [0.29, 0.717) is 38.8 Å². The highest BCUT2D eigenvalue weighted by atomic mass is 32.2. The van der Waals surface area contributed by atoms with Crippen LogP contribution in [0.4, 0.5) is 9.59 Å². The number of amides is 5. The molecular weight excluding hydrogens is 755 g/mol. The first-order valence-electron chi connectivity index (χ1n) is 19.4. The summed E-state index contributed by atoms with van der Waals surface area (Å²) in [6.07, 6.45) is 5.92. The highest BCUT2D eigenvalue weighted by Crippen LogP contribution is 2.31. The monoisotopic (exact) mass is 809 g/mol. The van der Waals surface area contributed by atoms with E-state index in [9.17, 15) is 37.2 Å². The van der Waals surface area contributed by atoms with E-state index in [2.05, 4.69) is 21.9 Å². The van der Waals surface area contributed by atoms with Crippen LogP contribution in [0.3, 0.4) is 0 Å². The Morgan fingerprint density at radius 3 is 2.54 bits per heavy atom. The van der Waals surface area contributed by atoms with E-state index in [-0.39, 0.29) is 44.6 Å². The van der Waals surface area contributed by atoms with E-state index >= 15 is 0 Å². The predicted molar refractivity (Wildman–Crippen MR) is 212 cm³/mol. The summed E-state index contributed by atoms with van der Waals surface area (Å²) >= 11 is 0. The fourth-order valence-corrected chi connectivity index (χ4v) is 8.62. The summed E-state index contributed by atoms with van der Waals surface area (Å²) in [5.74, 6) is -2.81. The maximum Gasteiger partial charge on any atom is 0.410 e. The van der Waals surface area contributed by atoms with Crippen LogP contribution in [0.2, 0.25) is 0 Å². The zero-order chi connectivity index (χ0) is 41.7. The van der Waals surface area contributed by atoms with Gasteiger partial charge in [0.05, 0.1) is 24.9 Å². The molecule has 310 valence electrons. The van der Waals surface area contributed by atoms with E-state index in [1.807, 2.05) is 44.2 Å². The molecule has 57 heavy (non-hydrogen) atoms. The molecule has 0 spiro atoms. The van der Waals surface area contributed by atoms with Crippen molar-refractivity contribution in [2.75, 3.05) is 13.2 Å². The van der Waals surface area contributed by atoms with Crippen LogP contribution in [0.1, 0.15) is 103 Å². The fourth-order valence-electron chi connectivity index (χ4n) is 7.21. The maximum absolute atomic E-state index is 14.5. The van der Waals surface area contributed by atoms with Crippen molar-refractivity contribution in [1.29, 1.82) is 0 Å². The molecule has 2 fully saturated rings. The second-order valence-electron chi connectivity index (χ2n) is 16.7. The van der Waals surface area contributed by atoms with Gasteiger partial charge in [-0.15, -0.1) is 6.58 Å². The van der Waals surface area contributed by atoms with Gasteiger partial charge >= 0.3 is 12.2 Å². The molecule has 4 bridgehead atoms. The molecule has 1 aliphatic carbocycles. The standard InChI is InChI=1S/C41H55N5O10S/c1-7-18-41(6,37(50)44-57(53,54)31-15-16-31)43-35(48)34-21-30-23-46(34)36(49)33(17-14-29(47)20-26(2)3)42-38(51)55-25-40(4,5)19-9-8-11-27-12-10-13-28-22-45(24-32(27)28)39(52)56-30/h7-8,10-13,20,30-31,33-34H,1,9,14-19,21-25H2,2-6H3,(H,42,51)(H,43,48)(H,44,50)/b11-8+/t30-,33+,34+,41+/m1/s1. The second-order valence-corrected chi connectivity index (χ2v) is 18.6. The molecule has 3 heterocycles. The number of fused-ring (bicyclic) bond motifs is 3. The van der Waals surface area contributed by atoms with Crippen LogP contribution >= 0.6 is 0 Å². The third-order valence-corrected chi connectivity index (χ3v) is 12.5. The second kappa shape index (κ2) is 17.7. The van der Waals surface area contributed by atoms with Crippen LogP contribution < -0.4 is 15.4 Å². The zero-order valence-corrected chi connectivity index (χ0v) is 34.2. The van der Waals surface area contributed by atoms with Gasteiger partial charge in [0.1, 0.15) is 23.7 Å². The van der Waals surface area contributed by atoms with Gasteiger partial charge < -0.3 is 25.0 Å². The molecule has 5 amide bonds. The average Bonchev–Trinajstić information content (AvgIpc) is 3.78. The van der Waals surface area contributed by atoms with Crippen molar-refractivity contribution in [2.45, 2.75) is 128 Å². The number of carbonyl (C=O) groups excluding carboxylic acids is 6. The first kappa shape index (κ1) is 43.1. The summed E-state index contributed by atoms with van der Waals surface area (Å²) < 4.78 is 39.1. The largest absolute Gasteiger partial charge is 0.449 e. The van der Waals surface area contributed by atoms with Gasteiger partial charge in [0.15, 0.2) is 5.78 Å². The van der Waals surface area contributed by atoms with Crippen LogP contribution in [0.5, 0.6) is 0 Å². The lowest BCUT2D eigenvalue weighted by Crippen LogP contribution is -2.61. The molecular formula is C41H55N5O10S. The van der Waals surface area contributed by atoms with Crippen LogP contribution in [0, 0.1) is 5.41 Å². The number of allylic oxidation sites excluding steroid dienone is 3. The fraction of sp³-hybridized carbons (Fsp3) is 0.561. The number of carbonyl (C=O) groups is 6. The van der Waals surface area contributed by atoms with E-state index in [4.69, 9.17) is 9.47 Å². The number of benzene rings is 1. The molecule has 0 radical (unpaired) electrons. The zero-order valence-electron chi connectivity index (χ0n) is 33.4. The van der Waals surface area contributed by atoms with Gasteiger partial charge in [-0.25, -0.2) is 18.0 Å². The molecule has 1 aromatic carbocycles. The first-order valence-corrected chi connectivity index (χ1v) is 21.0. The molecule has 1 aromatic rings. The quantitative estimate of drug-likeness (QED) is 0.213. The number of rotatable bonds is 11. The van der Waals surface area contributed by atoms with E-state index < -0.39 is 74.3 Å². The summed E-state index contributed by atoms with van der Waals surface area (Å²) in [6.45, 7) is 12.8. The van der Waals surface area contributed by atoms with Crippen molar-refractivity contribution in [3.8, 4) is 0 Å². The summed E-state index contributed by atoms with van der Waals surface area (Å²) in [7, 11) is -3.98. The Balaban J connectivity index is 1.46. The van der Waals surface area contributed by atoms with Crippen LogP contribution in [0.15, 0.2) is 48.6 Å². The summed E-state index contributed by atoms with van der Waals surface area (Å²) in [6, 6.07) is 3.19. The molecule has 1 saturated heterocycles. The van der Waals surface area contributed by atoms with Gasteiger partial charge in [-0.3, -0.25) is 28.8 Å². The van der Waals surface area contributed by atoms with Crippen LogP contribution in [0.25, 0.3) is 6.08 Å². The molecule has 3 N–H and O–H groups in total. The Kier molecular flexibility index (Phi) is 13.4. The normalized spacial score (nSPS) is 24.2. The van der Waals surface area contributed by atoms with E-state index in [1.165, 1.54) is 24.0 Å². The number of nitrogens with one attached hydrogen (secondary N) is 3. The summed E-state index contributed by atoms with van der Waals surface area (Å²) in [5.41, 5.74) is 1.43. The first-order chi connectivity index (χ1) is 26.8. The number of nitrogens with zero attached hydrogens (tertiary/aromatic N) is 2.